The molecule has 0 bridgehead atoms. The molecule has 0 fully saturated rings. The highest BCUT2D eigenvalue weighted by atomic mass is 19.4. The van der Waals surface area contributed by atoms with Gasteiger partial charge in [0.2, 0.25) is 0 Å². The quantitative estimate of drug-likeness (QED) is 0.533. The summed E-state index contributed by atoms with van der Waals surface area (Å²) in [6.07, 6.45) is -5.02. The van der Waals surface area contributed by atoms with Gasteiger partial charge in [0.1, 0.15) is 5.75 Å². The van der Waals surface area contributed by atoms with Crippen LogP contribution in [-0.4, -0.2) is 22.2 Å². The van der Waals surface area contributed by atoms with Crippen LogP contribution >= 0.6 is 0 Å². The summed E-state index contributed by atoms with van der Waals surface area (Å²) in [5.74, 6) is -2.59. The molecule has 1 aromatic heterocycles. The normalized spacial score (nSPS) is 11.8. The third-order valence-corrected chi connectivity index (χ3v) is 3.18. The lowest BCUT2D eigenvalue weighted by molar-refractivity contribution is -0.167. The molecule has 22 heavy (non-hydrogen) atoms. The van der Waals surface area contributed by atoms with Crippen molar-refractivity contribution in [2.24, 2.45) is 0 Å². The Morgan fingerprint density at radius 2 is 1.82 bits per heavy atom. The van der Waals surface area contributed by atoms with E-state index in [0.717, 1.165) is 5.39 Å². The van der Waals surface area contributed by atoms with Crippen molar-refractivity contribution in [3.8, 4) is 5.75 Å². The Bertz CT molecular complexity index is 891. The summed E-state index contributed by atoms with van der Waals surface area (Å²) in [7, 11) is 0. The Balaban J connectivity index is 2.12. The molecular weight excluding hydrogens is 297 g/mol. The molecule has 0 atom stereocenters. The van der Waals surface area contributed by atoms with Crippen LogP contribution in [-0.2, 0) is 4.79 Å². The van der Waals surface area contributed by atoms with Gasteiger partial charge in [0, 0.05) is 10.8 Å². The minimum atomic E-state index is -5.02. The minimum absolute atomic E-state index is 0.263. The van der Waals surface area contributed by atoms with E-state index in [9.17, 15) is 23.1 Å². The molecule has 2 aromatic carbocycles. The molecule has 7 heteroatoms. The van der Waals surface area contributed by atoms with Crippen molar-refractivity contribution in [1.29, 1.82) is 0 Å². The Hall–Kier alpha value is -2.83. The summed E-state index contributed by atoms with van der Waals surface area (Å²) < 4.78 is 36.8. The SMILES string of the molecule is O=C(Nc1ccc2nc3ccccc3cc2c1O)C(F)(F)F. The fourth-order valence-electron chi connectivity index (χ4n) is 2.13. The predicted molar refractivity (Wildman–Crippen MR) is 75.6 cm³/mol. The Labute approximate surface area is 122 Å². The van der Waals surface area contributed by atoms with E-state index in [4.69, 9.17) is 0 Å². The van der Waals surface area contributed by atoms with Gasteiger partial charge in [-0.05, 0) is 24.3 Å². The number of hydrogen-bond acceptors (Lipinski definition) is 3. The Morgan fingerprint density at radius 1 is 1.09 bits per heavy atom. The number of nitrogens with one attached hydrogen (secondary N) is 1. The number of rotatable bonds is 1. The van der Waals surface area contributed by atoms with Gasteiger partial charge in [0.25, 0.3) is 0 Å². The van der Waals surface area contributed by atoms with Crippen molar-refractivity contribution in [3.05, 3.63) is 42.5 Å². The molecule has 4 nitrogen and oxygen atoms in total. The van der Waals surface area contributed by atoms with E-state index in [1.807, 2.05) is 0 Å². The second-order valence-electron chi connectivity index (χ2n) is 4.66. The highest BCUT2D eigenvalue weighted by Crippen LogP contribution is 2.34. The lowest BCUT2D eigenvalue weighted by Crippen LogP contribution is -2.29. The minimum Gasteiger partial charge on any atom is -0.505 e. The number of para-hydroxylation sites is 1. The topological polar surface area (TPSA) is 62.2 Å². The van der Waals surface area contributed by atoms with Crippen molar-refractivity contribution in [2.75, 3.05) is 5.32 Å². The molecule has 0 aliphatic carbocycles. The van der Waals surface area contributed by atoms with Gasteiger partial charge in [-0.15, -0.1) is 0 Å². The highest BCUT2D eigenvalue weighted by Gasteiger charge is 2.39. The Morgan fingerprint density at radius 3 is 2.55 bits per heavy atom. The zero-order valence-electron chi connectivity index (χ0n) is 11.0. The first-order valence-electron chi connectivity index (χ1n) is 6.26. The highest BCUT2D eigenvalue weighted by molar-refractivity contribution is 6.03. The number of pyridine rings is 1. The number of carbonyl (C=O) groups excluding carboxylic acids is 1. The monoisotopic (exact) mass is 306 g/mol. The number of halogens is 3. The van der Waals surface area contributed by atoms with E-state index in [-0.39, 0.29) is 11.1 Å². The molecule has 0 spiro atoms. The lowest BCUT2D eigenvalue weighted by Gasteiger charge is -2.11. The van der Waals surface area contributed by atoms with Crippen LogP contribution in [0, 0.1) is 0 Å². The van der Waals surface area contributed by atoms with Crippen molar-refractivity contribution in [2.45, 2.75) is 6.18 Å². The third-order valence-electron chi connectivity index (χ3n) is 3.18. The first-order chi connectivity index (χ1) is 10.4. The summed E-state index contributed by atoms with van der Waals surface area (Å²) >= 11 is 0. The first-order valence-corrected chi connectivity index (χ1v) is 6.26. The standard InChI is InChI=1S/C15H9F3N2O2/c16-15(17,18)14(22)20-12-6-5-11-9(13(12)21)7-8-3-1-2-4-10(8)19-11/h1-7,21H,(H,20,22). The van der Waals surface area contributed by atoms with Gasteiger partial charge < -0.3 is 10.4 Å². The number of phenols is 1. The largest absolute Gasteiger partial charge is 0.505 e. The number of phenolic OH excluding ortho intramolecular Hbond substituents is 1. The number of amides is 1. The van der Waals surface area contributed by atoms with Gasteiger partial charge in [0.15, 0.2) is 0 Å². The molecule has 0 aliphatic heterocycles. The number of benzene rings is 2. The number of aromatic hydroxyl groups is 1. The number of alkyl halides is 3. The van der Waals surface area contributed by atoms with Crippen molar-refractivity contribution < 1.29 is 23.1 Å². The van der Waals surface area contributed by atoms with Crippen LogP contribution in [0.2, 0.25) is 0 Å². The molecule has 3 rings (SSSR count). The van der Waals surface area contributed by atoms with Crippen LogP contribution in [0.25, 0.3) is 21.8 Å². The van der Waals surface area contributed by atoms with Crippen LogP contribution in [0.5, 0.6) is 5.75 Å². The van der Waals surface area contributed by atoms with E-state index in [1.54, 1.807) is 35.6 Å². The summed E-state index contributed by atoms with van der Waals surface area (Å²) in [6, 6.07) is 11.4. The average molecular weight is 306 g/mol. The Kier molecular flexibility index (Phi) is 3.13. The molecule has 0 saturated carbocycles. The van der Waals surface area contributed by atoms with E-state index in [0.29, 0.717) is 11.0 Å². The fraction of sp³-hybridized carbons (Fsp3) is 0.0667. The van der Waals surface area contributed by atoms with Gasteiger partial charge in [-0.2, -0.15) is 13.2 Å². The van der Waals surface area contributed by atoms with Gasteiger partial charge in [-0.25, -0.2) is 4.98 Å². The average Bonchev–Trinajstić information content (AvgIpc) is 2.47. The number of aromatic nitrogens is 1. The fourth-order valence-corrected chi connectivity index (χ4v) is 2.13. The van der Waals surface area contributed by atoms with Crippen molar-refractivity contribution in [3.63, 3.8) is 0 Å². The predicted octanol–water partition coefficient (Wildman–Crippen LogP) is 3.59. The van der Waals surface area contributed by atoms with Crippen LogP contribution in [0.4, 0.5) is 18.9 Å². The van der Waals surface area contributed by atoms with E-state index in [1.165, 1.54) is 12.1 Å². The van der Waals surface area contributed by atoms with Gasteiger partial charge in [0.05, 0.1) is 16.7 Å². The second kappa shape index (κ2) is 4.87. The maximum absolute atomic E-state index is 12.3. The van der Waals surface area contributed by atoms with Crippen LogP contribution in [0.3, 0.4) is 0 Å². The lowest BCUT2D eigenvalue weighted by atomic mass is 10.1. The summed E-state index contributed by atoms with van der Waals surface area (Å²) in [4.78, 5) is 15.3. The molecular formula is C15H9F3N2O2. The van der Waals surface area contributed by atoms with Gasteiger partial charge in [-0.3, -0.25) is 4.79 Å². The smallest absolute Gasteiger partial charge is 0.471 e. The van der Waals surface area contributed by atoms with Gasteiger partial charge >= 0.3 is 12.1 Å². The van der Waals surface area contributed by atoms with E-state index >= 15 is 0 Å². The molecule has 2 N–H and O–H groups in total. The summed E-state index contributed by atoms with van der Waals surface area (Å²) in [6.45, 7) is 0. The number of carbonyl (C=O) groups is 1. The third kappa shape index (κ3) is 2.41. The number of fused-ring (bicyclic) bond motifs is 2. The summed E-state index contributed by atoms with van der Waals surface area (Å²) in [5, 5.41) is 12.7. The van der Waals surface area contributed by atoms with Crippen molar-refractivity contribution in [1.82, 2.24) is 4.98 Å². The number of anilines is 1. The maximum atomic E-state index is 12.3. The zero-order valence-corrected chi connectivity index (χ0v) is 11.0. The number of nitrogens with zero attached hydrogens (tertiary/aromatic N) is 1. The van der Waals surface area contributed by atoms with Crippen LogP contribution < -0.4 is 5.32 Å². The van der Waals surface area contributed by atoms with Crippen LogP contribution in [0.15, 0.2) is 42.5 Å². The number of hydrogen-bond donors (Lipinski definition) is 2. The van der Waals surface area contributed by atoms with Crippen LogP contribution in [0.1, 0.15) is 0 Å². The molecule has 3 aromatic rings. The molecule has 1 heterocycles. The maximum Gasteiger partial charge on any atom is 0.471 e. The molecule has 112 valence electrons. The first kappa shape index (κ1) is 14.1. The summed E-state index contributed by atoms with van der Waals surface area (Å²) in [5.41, 5.74) is 0.801. The molecule has 0 unspecified atom stereocenters. The van der Waals surface area contributed by atoms with Gasteiger partial charge in [-0.1, -0.05) is 18.2 Å². The molecule has 0 radical (unpaired) electrons. The molecule has 1 amide bonds. The molecule has 0 saturated heterocycles. The van der Waals surface area contributed by atoms with E-state index in [2.05, 4.69) is 4.98 Å². The zero-order chi connectivity index (χ0) is 15.9. The second-order valence-corrected chi connectivity index (χ2v) is 4.66. The van der Waals surface area contributed by atoms with E-state index < -0.39 is 17.8 Å². The van der Waals surface area contributed by atoms with Crippen molar-refractivity contribution >= 4 is 33.4 Å². The molecule has 0 aliphatic rings.